The van der Waals surface area contributed by atoms with Crippen molar-refractivity contribution < 1.29 is 9.84 Å². The van der Waals surface area contributed by atoms with E-state index in [9.17, 15) is 5.11 Å². The summed E-state index contributed by atoms with van der Waals surface area (Å²) in [5.74, 6) is 0.861. The Hall–Kier alpha value is -1.36. The van der Waals surface area contributed by atoms with Gasteiger partial charge in [0.05, 0.1) is 6.10 Å². The van der Waals surface area contributed by atoms with Crippen molar-refractivity contribution in [3.8, 4) is 5.75 Å². The lowest BCUT2D eigenvalue weighted by atomic mass is 10.2. The highest BCUT2D eigenvalue weighted by atomic mass is 79.9. The van der Waals surface area contributed by atoms with Crippen molar-refractivity contribution in [2.24, 2.45) is 0 Å². The maximum absolute atomic E-state index is 9.30. The van der Waals surface area contributed by atoms with Crippen LogP contribution >= 0.6 is 15.9 Å². The molecule has 0 amide bonds. The summed E-state index contributed by atoms with van der Waals surface area (Å²) in [6, 6.07) is 16.1. The van der Waals surface area contributed by atoms with Gasteiger partial charge in [-0.3, -0.25) is 0 Å². The lowest BCUT2D eigenvalue weighted by Gasteiger charge is -2.13. The molecule has 112 valence electrons. The van der Waals surface area contributed by atoms with Gasteiger partial charge in [-0.1, -0.05) is 46.3 Å². The molecular formula is C17H20BrNO2. The Morgan fingerprint density at radius 3 is 2.67 bits per heavy atom. The summed E-state index contributed by atoms with van der Waals surface area (Å²) >= 11 is 3.48. The highest BCUT2D eigenvalue weighted by Crippen LogP contribution is 2.24. The van der Waals surface area contributed by atoms with Gasteiger partial charge in [0.25, 0.3) is 0 Å². The Bertz CT molecular complexity index is 558. The quantitative estimate of drug-likeness (QED) is 0.803. The van der Waals surface area contributed by atoms with E-state index in [0.717, 1.165) is 21.3 Å². The summed E-state index contributed by atoms with van der Waals surface area (Å²) in [4.78, 5) is 0. The summed E-state index contributed by atoms with van der Waals surface area (Å²) in [6.45, 7) is 3.53. The largest absolute Gasteiger partial charge is 0.489 e. The Balaban J connectivity index is 2.00. The molecule has 0 saturated heterocycles. The van der Waals surface area contributed by atoms with Crippen LogP contribution in [0.25, 0.3) is 0 Å². The Labute approximate surface area is 134 Å². The monoisotopic (exact) mass is 349 g/mol. The van der Waals surface area contributed by atoms with Crippen LogP contribution in [0.2, 0.25) is 0 Å². The number of hydrogen-bond donors (Lipinski definition) is 2. The van der Waals surface area contributed by atoms with Crippen molar-refractivity contribution in [3.05, 3.63) is 64.1 Å². The summed E-state index contributed by atoms with van der Waals surface area (Å²) in [7, 11) is 0. The highest BCUT2D eigenvalue weighted by Gasteiger charge is 2.06. The third kappa shape index (κ3) is 5.50. The van der Waals surface area contributed by atoms with Crippen molar-refractivity contribution in [2.45, 2.75) is 26.2 Å². The SMILES string of the molecule is C[C@@H](O)CNCc1cc(Br)ccc1OCc1ccccc1. The number of aliphatic hydroxyl groups is 1. The van der Waals surface area contributed by atoms with Crippen LogP contribution in [0, 0.1) is 0 Å². The molecule has 0 unspecified atom stereocenters. The Morgan fingerprint density at radius 1 is 1.19 bits per heavy atom. The molecule has 1 atom stereocenters. The molecule has 0 spiro atoms. The number of hydrogen-bond acceptors (Lipinski definition) is 3. The highest BCUT2D eigenvalue weighted by molar-refractivity contribution is 9.10. The van der Waals surface area contributed by atoms with Gasteiger partial charge in [-0.15, -0.1) is 0 Å². The van der Waals surface area contributed by atoms with Crippen LogP contribution in [-0.2, 0) is 13.2 Å². The van der Waals surface area contributed by atoms with Crippen LogP contribution in [0.4, 0.5) is 0 Å². The van der Waals surface area contributed by atoms with Gasteiger partial charge < -0.3 is 15.2 Å². The van der Waals surface area contributed by atoms with Gasteiger partial charge in [-0.05, 0) is 30.7 Å². The number of nitrogens with one attached hydrogen (secondary N) is 1. The van der Waals surface area contributed by atoms with Crippen molar-refractivity contribution in [2.75, 3.05) is 6.54 Å². The summed E-state index contributed by atoms with van der Waals surface area (Å²) < 4.78 is 6.93. The molecule has 0 heterocycles. The van der Waals surface area contributed by atoms with Crippen molar-refractivity contribution in [1.82, 2.24) is 5.32 Å². The molecular weight excluding hydrogens is 330 g/mol. The molecule has 0 radical (unpaired) electrons. The fraction of sp³-hybridized carbons (Fsp3) is 0.294. The first kappa shape index (κ1) is 16.0. The molecule has 0 aromatic heterocycles. The van der Waals surface area contributed by atoms with Crippen molar-refractivity contribution in [1.29, 1.82) is 0 Å². The lowest BCUT2D eigenvalue weighted by molar-refractivity contribution is 0.190. The van der Waals surface area contributed by atoms with Crippen LogP contribution < -0.4 is 10.1 Å². The standard InChI is InChI=1S/C17H20BrNO2/c1-13(20)10-19-11-15-9-16(18)7-8-17(15)21-12-14-5-3-2-4-6-14/h2-9,13,19-20H,10-12H2,1H3/t13-/m1/s1. The van der Waals surface area contributed by atoms with E-state index in [2.05, 4.69) is 21.2 Å². The molecule has 0 bridgehead atoms. The van der Waals surface area contributed by atoms with Crippen LogP contribution in [0.15, 0.2) is 53.0 Å². The van der Waals surface area contributed by atoms with E-state index in [1.54, 1.807) is 6.92 Å². The van der Waals surface area contributed by atoms with E-state index in [4.69, 9.17) is 4.74 Å². The first-order chi connectivity index (χ1) is 10.1. The van der Waals surface area contributed by atoms with Crippen molar-refractivity contribution >= 4 is 15.9 Å². The first-order valence-corrected chi connectivity index (χ1v) is 7.78. The van der Waals surface area contributed by atoms with Gasteiger partial charge >= 0.3 is 0 Å². The molecule has 0 aliphatic heterocycles. The van der Waals surface area contributed by atoms with Crippen LogP contribution in [-0.4, -0.2) is 17.8 Å². The molecule has 0 saturated carbocycles. The number of halogens is 1. The topological polar surface area (TPSA) is 41.5 Å². The van der Waals surface area contributed by atoms with Gasteiger partial charge in [-0.25, -0.2) is 0 Å². The Kier molecular flexibility index (Phi) is 6.23. The molecule has 2 N–H and O–H groups in total. The fourth-order valence-electron chi connectivity index (χ4n) is 1.98. The Morgan fingerprint density at radius 2 is 1.95 bits per heavy atom. The second-order valence-corrected chi connectivity index (χ2v) is 5.92. The van der Waals surface area contributed by atoms with Crippen LogP contribution in [0.1, 0.15) is 18.1 Å². The van der Waals surface area contributed by atoms with Gasteiger partial charge in [-0.2, -0.15) is 0 Å². The average Bonchev–Trinajstić information content (AvgIpc) is 2.47. The van der Waals surface area contributed by atoms with E-state index < -0.39 is 0 Å². The van der Waals surface area contributed by atoms with Crippen molar-refractivity contribution in [3.63, 3.8) is 0 Å². The van der Waals surface area contributed by atoms with Gasteiger partial charge in [0, 0.05) is 23.1 Å². The maximum atomic E-state index is 9.30. The maximum Gasteiger partial charge on any atom is 0.124 e. The number of aliphatic hydroxyl groups excluding tert-OH is 1. The summed E-state index contributed by atoms with van der Waals surface area (Å²) in [6.07, 6.45) is -0.356. The molecule has 0 aliphatic rings. The number of benzene rings is 2. The molecule has 4 heteroatoms. The molecule has 0 fully saturated rings. The zero-order valence-corrected chi connectivity index (χ0v) is 13.6. The van der Waals surface area contributed by atoms with Gasteiger partial charge in [0.1, 0.15) is 12.4 Å². The predicted octanol–water partition coefficient (Wildman–Crippen LogP) is 3.50. The molecule has 2 rings (SSSR count). The van der Waals surface area contributed by atoms with Crippen LogP contribution in [0.5, 0.6) is 5.75 Å². The minimum absolute atomic E-state index is 0.356. The van der Waals surface area contributed by atoms with E-state index in [0.29, 0.717) is 19.7 Å². The molecule has 21 heavy (non-hydrogen) atoms. The second kappa shape index (κ2) is 8.17. The van der Waals surface area contributed by atoms with Crippen LogP contribution in [0.3, 0.4) is 0 Å². The predicted molar refractivity (Wildman–Crippen MR) is 88.3 cm³/mol. The molecule has 3 nitrogen and oxygen atoms in total. The minimum atomic E-state index is -0.356. The average molecular weight is 350 g/mol. The van der Waals surface area contributed by atoms with Gasteiger partial charge in [0.15, 0.2) is 0 Å². The minimum Gasteiger partial charge on any atom is -0.489 e. The zero-order chi connectivity index (χ0) is 15.1. The van der Waals surface area contributed by atoms with E-state index in [1.807, 2.05) is 48.5 Å². The zero-order valence-electron chi connectivity index (χ0n) is 12.1. The molecule has 0 aliphatic carbocycles. The third-order valence-electron chi connectivity index (χ3n) is 3.01. The summed E-state index contributed by atoms with van der Waals surface area (Å²) in [5.41, 5.74) is 2.21. The molecule has 2 aromatic carbocycles. The molecule has 2 aromatic rings. The van der Waals surface area contributed by atoms with E-state index >= 15 is 0 Å². The number of rotatable bonds is 7. The smallest absolute Gasteiger partial charge is 0.124 e. The van der Waals surface area contributed by atoms with E-state index in [1.165, 1.54) is 0 Å². The second-order valence-electron chi connectivity index (χ2n) is 5.01. The first-order valence-electron chi connectivity index (χ1n) is 6.99. The third-order valence-corrected chi connectivity index (χ3v) is 3.51. The number of ether oxygens (including phenoxy) is 1. The van der Waals surface area contributed by atoms with E-state index in [-0.39, 0.29) is 6.10 Å². The van der Waals surface area contributed by atoms with Gasteiger partial charge in [0.2, 0.25) is 0 Å². The lowest BCUT2D eigenvalue weighted by Crippen LogP contribution is -2.24. The fourth-order valence-corrected chi connectivity index (χ4v) is 2.39. The summed E-state index contributed by atoms with van der Waals surface area (Å²) in [5, 5.41) is 12.5. The normalized spacial score (nSPS) is 12.1.